The molecule has 1 aliphatic heterocycles. The standard InChI is InChI=1S/C26H22N6O3/c1-3-35-22-14-7-11-18(29-22)25-31-24-26(32(25)23-19(33)12-8-13-20(23)34-2)30-21(16-28-24)27-15-17-9-5-4-6-10-17/h4-6,8-10,12-14,16,33H,3,15H2,1-2H3,(H,27,30). The normalized spacial score (nSPS) is 12.4. The monoisotopic (exact) mass is 466 g/mol. The Hall–Kier alpha value is -4.84. The number of hydrogen-bond donors (Lipinski definition) is 2. The molecule has 2 aromatic heterocycles. The summed E-state index contributed by atoms with van der Waals surface area (Å²) in [6.07, 6.45) is 3.22. The SMILES string of the molecule is CCOC1=NC(c2nc3ncc(NCc4ccccc4)nc3n2-c2c(O)cccc2OC)=C=C=C1. The van der Waals surface area contributed by atoms with Gasteiger partial charge in [-0.15, -0.1) is 0 Å². The molecular weight excluding hydrogens is 444 g/mol. The van der Waals surface area contributed by atoms with E-state index in [9.17, 15) is 5.11 Å². The molecule has 0 unspecified atom stereocenters. The van der Waals surface area contributed by atoms with Gasteiger partial charge in [0.2, 0.25) is 5.90 Å². The average Bonchev–Trinajstić information content (AvgIpc) is 3.26. The van der Waals surface area contributed by atoms with Gasteiger partial charge in [-0.05, 0) is 30.4 Å². The summed E-state index contributed by atoms with van der Waals surface area (Å²) in [5, 5.41) is 14.1. The van der Waals surface area contributed by atoms with Crippen LogP contribution in [0.2, 0.25) is 0 Å². The van der Waals surface area contributed by atoms with E-state index in [0.29, 0.717) is 59.1 Å². The molecule has 35 heavy (non-hydrogen) atoms. The highest BCUT2D eigenvalue weighted by molar-refractivity contribution is 5.94. The number of benzene rings is 2. The van der Waals surface area contributed by atoms with Crippen molar-refractivity contribution in [2.45, 2.75) is 13.5 Å². The number of imidazole rings is 1. The van der Waals surface area contributed by atoms with Crippen molar-refractivity contribution in [3.8, 4) is 17.2 Å². The first-order chi connectivity index (χ1) is 17.2. The van der Waals surface area contributed by atoms with E-state index in [1.807, 2.05) is 37.3 Å². The highest BCUT2D eigenvalue weighted by atomic mass is 16.5. The van der Waals surface area contributed by atoms with Gasteiger partial charge < -0.3 is 19.9 Å². The number of fused-ring (bicyclic) bond motifs is 1. The molecule has 9 nitrogen and oxygen atoms in total. The van der Waals surface area contributed by atoms with Crippen molar-refractivity contribution in [3.05, 3.63) is 83.7 Å². The van der Waals surface area contributed by atoms with Gasteiger partial charge in [0, 0.05) is 6.54 Å². The number of aromatic nitrogens is 4. The van der Waals surface area contributed by atoms with E-state index >= 15 is 0 Å². The van der Waals surface area contributed by atoms with Crippen molar-refractivity contribution in [2.24, 2.45) is 4.99 Å². The molecule has 0 saturated carbocycles. The minimum Gasteiger partial charge on any atom is -0.506 e. The van der Waals surface area contributed by atoms with Gasteiger partial charge in [0.15, 0.2) is 22.8 Å². The molecule has 0 spiro atoms. The molecule has 0 saturated heterocycles. The number of hydrogen-bond acceptors (Lipinski definition) is 8. The Bertz CT molecular complexity index is 1530. The number of nitrogens with one attached hydrogen (secondary N) is 1. The van der Waals surface area contributed by atoms with Gasteiger partial charge in [-0.2, -0.15) is 0 Å². The van der Waals surface area contributed by atoms with Crippen molar-refractivity contribution < 1.29 is 14.6 Å². The van der Waals surface area contributed by atoms with Crippen LogP contribution in [-0.2, 0) is 11.3 Å². The van der Waals surface area contributed by atoms with Gasteiger partial charge in [0.05, 0.1) is 26.0 Å². The smallest absolute Gasteiger partial charge is 0.223 e. The molecule has 2 aromatic carbocycles. The van der Waals surface area contributed by atoms with Crippen molar-refractivity contribution in [3.63, 3.8) is 0 Å². The predicted octanol–water partition coefficient (Wildman–Crippen LogP) is 4.24. The topological polar surface area (TPSA) is 107 Å². The molecule has 9 heteroatoms. The number of nitrogens with zero attached hydrogens (tertiary/aromatic N) is 5. The van der Waals surface area contributed by atoms with Crippen LogP contribution in [0, 0.1) is 0 Å². The lowest BCUT2D eigenvalue weighted by Gasteiger charge is -2.14. The van der Waals surface area contributed by atoms with Gasteiger partial charge >= 0.3 is 0 Å². The number of phenolic OH excluding ortho intramolecular Hbond substituents is 1. The van der Waals surface area contributed by atoms with Gasteiger partial charge in [-0.3, -0.25) is 4.57 Å². The van der Waals surface area contributed by atoms with E-state index < -0.39 is 0 Å². The average molecular weight is 467 g/mol. The zero-order valence-corrected chi connectivity index (χ0v) is 19.2. The van der Waals surface area contributed by atoms with E-state index in [-0.39, 0.29) is 5.75 Å². The first kappa shape index (κ1) is 22.0. The molecular formula is C26H22N6O3. The number of aliphatic imine (C=N–C) groups is 1. The first-order valence-electron chi connectivity index (χ1n) is 11.0. The molecule has 0 aliphatic carbocycles. The molecule has 2 N–H and O–H groups in total. The van der Waals surface area contributed by atoms with E-state index in [0.717, 1.165) is 5.56 Å². The third-order valence-electron chi connectivity index (χ3n) is 5.22. The summed E-state index contributed by atoms with van der Waals surface area (Å²) in [7, 11) is 1.53. The lowest BCUT2D eigenvalue weighted by molar-refractivity contribution is 0.330. The summed E-state index contributed by atoms with van der Waals surface area (Å²) >= 11 is 0. The number of methoxy groups -OCH3 is 1. The summed E-state index contributed by atoms with van der Waals surface area (Å²) in [5.74, 6) is 1.71. The van der Waals surface area contributed by atoms with E-state index in [1.165, 1.54) is 7.11 Å². The molecule has 1 aliphatic rings. The fraction of sp³-hybridized carbons (Fsp3) is 0.154. The predicted molar refractivity (Wildman–Crippen MR) is 133 cm³/mol. The van der Waals surface area contributed by atoms with E-state index in [2.05, 4.69) is 31.7 Å². The van der Waals surface area contributed by atoms with Crippen LogP contribution >= 0.6 is 0 Å². The number of aromatic hydroxyl groups is 1. The number of phenols is 1. The molecule has 3 heterocycles. The van der Waals surface area contributed by atoms with Crippen LogP contribution in [0.25, 0.3) is 22.7 Å². The maximum Gasteiger partial charge on any atom is 0.223 e. The van der Waals surface area contributed by atoms with Gasteiger partial charge in [0.1, 0.15) is 23.0 Å². The Morgan fingerprint density at radius 2 is 1.94 bits per heavy atom. The van der Waals surface area contributed by atoms with Crippen LogP contribution in [0.3, 0.4) is 0 Å². The van der Waals surface area contributed by atoms with Gasteiger partial charge in [-0.1, -0.05) is 42.1 Å². The molecule has 0 fully saturated rings. The maximum atomic E-state index is 10.8. The minimum atomic E-state index is -0.0145. The fourth-order valence-electron chi connectivity index (χ4n) is 3.66. The Balaban J connectivity index is 1.68. The first-order valence-corrected chi connectivity index (χ1v) is 11.0. The van der Waals surface area contributed by atoms with E-state index in [1.54, 1.807) is 35.0 Å². The summed E-state index contributed by atoms with van der Waals surface area (Å²) in [4.78, 5) is 18.4. The van der Waals surface area contributed by atoms with Crippen LogP contribution < -0.4 is 10.1 Å². The third-order valence-corrected chi connectivity index (χ3v) is 5.22. The van der Waals surface area contributed by atoms with Crippen molar-refractivity contribution in [1.29, 1.82) is 0 Å². The van der Waals surface area contributed by atoms with Gasteiger partial charge in [-0.25, -0.2) is 19.9 Å². The Labute approximate surface area is 201 Å². The number of rotatable bonds is 7. The number of ether oxygens (including phenoxy) is 2. The molecule has 0 amide bonds. The number of anilines is 1. The van der Waals surface area contributed by atoms with Gasteiger partial charge in [0.25, 0.3) is 0 Å². The molecule has 0 radical (unpaired) electrons. The van der Waals surface area contributed by atoms with Crippen LogP contribution in [-0.4, -0.2) is 44.2 Å². The zero-order chi connectivity index (χ0) is 24.2. The summed E-state index contributed by atoms with van der Waals surface area (Å²) < 4.78 is 12.7. The second-order valence-electron chi connectivity index (χ2n) is 7.49. The Morgan fingerprint density at radius 3 is 2.74 bits per heavy atom. The zero-order valence-electron chi connectivity index (χ0n) is 19.2. The summed E-state index contributed by atoms with van der Waals surface area (Å²) in [6, 6.07) is 15.0. The molecule has 4 aromatic rings. The molecule has 5 rings (SSSR count). The van der Waals surface area contributed by atoms with Crippen molar-refractivity contribution >= 4 is 28.7 Å². The van der Waals surface area contributed by atoms with Crippen LogP contribution in [0.1, 0.15) is 18.3 Å². The fourth-order valence-corrected chi connectivity index (χ4v) is 3.66. The lowest BCUT2D eigenvalue weighted by Crippen LogP contribution is -2.07. The molecule has 174 valence electrons. The maximum absolute atomic E-state index is 10.8. The third kappa shape index (κ3) is 4.37. The molecule has 0 atom stereocenters. The summed E-state index contributed by atoms with van der Waals surface area (Å²) in [5.41, 5.74) is 8.50. The second kappa shape index (κ2) is 9.57. The highest BCUT2D eigenvalue weighted by Crippen LogP contribution is 2.36. The molecule has 0 bridgehead atoms. The van der Waals surface area contributed by atoms with Crippen molar-refractivity contribution in [2.75, 3.05) is 19.0 Å². The minimum absolute atomic E-state index is 0.0145. The Kier molecular flexibility index (Phi) is 6.01. The summed E-state index contributed by atoms with van der Waals surface area (Å²) in [6.45, 7) is 2.90. The largest absolute Gasteiger partial charge is 0.506 e. The van der Waals surface area contributed by atoms with Crippen LogP contribution in [0.15, 0.2) is 77.3 Å². The van der Waals surface area contributed by atoms with Crippen molar-refractivity contribution in [1.82, 2.24) is 19.5 Å². The van der Waals surface area contributed by atoms with Crippen LogP contribution in [0.5, 0.6) is 11.5 Å². The number of para-hydroxylation sites is 1. The second-order valence-corrected chi connectivity index (χ2v) is 7.49. The van der Waals surface area contributed by atoms with E-state index in [4.69, 9.17) is 14.5 Å². The highest BCUT2D eigenvalue weighted by Gasteiger charge is 2.24. The lowest BCUT2D eigenvalue weighted by atomic mass is 10.2. The Morgan fingerprint density at radius 1 is 1.09 bits per heavy atom. The quantitative estimate of drug-likeness (QED) is 0.392. The van der Waals surface area contributed by atoms with Crippen LogP contribution in [0.4, 0.5) is 5.82 Å².